The predicted molar refractivity (Wildman–Crippen MR) is 122 cm³/mol. The lowest BCUT2D eigenvalue weighted by Crippen LogP contribution is -2.34. The molecule has 0 saturated heterocycles. The highest BCUT2D eigenvalue weighted by molar-refractivity contribution is 6.01. The molecule has 3 aromatic rings. The highest BCUT2D eigenvalue weighted by atomic mass is 16.5. The van der Waals surface area contributed by atoms with Gasteiger partial charge >= 0.3 is 5.63 Å². The van der Waals surface area contributed by atoms with E-state index in [0.29, 0.717) is 53.4 Å². The van der Waals surface area contributed by atoms with Crippen LogP contribution in [0.5, 0.6) is 11.5 Å². The van der Waals surface area contributed by atoms with Crippen molar-refractivity contribution in [3.05, 3.63) is 94.1 Å². The second-order valence-corrected chi connectivity index (χ2v) is 9.11. The van der Waals surface area contributed by atoms with Crippen molar-refractivity contribution in [3.8, 4) is 11.5 Å². The van der Waals surface area contributed by atoms with Crippen LogP contribution in [0.4, 0.5) is 0 Å². The third-order valence-electron chi connectivity index (χ3n) is 6.06. The van der Waals surface area contributed by atoms with Gasteiger partial charge in [0.15, 0.2) is 5.78 Å². The summed E-state index contributed by atoms with van der Waals surface area (Å²) < 4.78 is 17.6. The van der Waals surface area contributed by atoms with E-state index in [1.807, 2.05) is 42.5 Å². The maximum atomic E-state index is 13.3. The average Bonchev–Trinajstić information content (AvgIpc) is 2.76. The predicted octanol–water partition coefficient (Wildman–Crippen LogP) is 5.53. The summed E-state index contributed by atoms with van der Waals surface area (Å²) in [6, 6.07) is 14.8. The van der Waals surface area contributed by atoms with E-state index >= 15 is 0 Å². The zero-order valence-electron chi connectivity index (χ0n) is 18.1. The lowest BCUT2D eigenvalue weighted by molar-refractivity contribution is -0.118. The molecule has 0 amide bonds. The molecule has 2 heterocycles. The topological polar surface area (TPSA) is 65.7 Å². The molecule has 0 saturated carbocycles. The Hall–Kier alpha value is -3.60. The van der Waals surface area contributed by atoms with Crippen LogP contribution in [-0.4, -0.2) is 12.4 Å². The van der Waals surface area contributed by atoms with Gasteiger partial charge in [-0.3, -0.25) is 4.79 Å². The van der Waals surface area contributed by atoms with E-state index in [0.717, 1.165) is 10.9 Å². The number of ether oxygens (including phenoxy) is 2. The summed E-state index contributed by atoms with van der Waals surface area (Å²) in [5, 5.41) is 0.723. The number of benzene rings is 2. The molecule has 0 N–H and O–H groups in total. The first-order chi connectivity index (χ1) is 15.4. The Kier molecular flexibility index (Phi) is 4.77. The molecule has 2 aromatic carbocycles. The number of rotatable bonds is 4. The standard InChI is InChI=1S/C27H24O5/c1-4-13-30-17-11-9-16(10-12-17)22-23-19(28)14-27(2,3)15-21(23)31-25-18-7-5-6-8-20(18)32-26(29)24(22)25/h4-12,22H,1,13-15H2,2-3H3. The molecule has 1 atom stereocenters. The van der Waals surface area contributed by atoms with Gasteiger partial charge in [0.1, 0.15) is 29.4 Å². The van der Waals surface area contributed by atoms with E-state index in [1.54, 1.807) is 12.1 Å². The number of ketones is 1. The molecule has 0 spiro atoms. The number of hydrogen-bond donors (Lipinski definition) is 0. The molecule has 0 fully saturated rings. The fraction of sp³-hybridized carbons (Fsp3) is 0.259. The van der Waals surface area contributed by atoms with E-state index in [1.165, 1.54) is 0 Å². The first kappa shape index (κ1) is 20.3. The first-order valence-electron chi connectivity index (χ1n) is 10.7. The molecule has 5 heteroatoms. The Morgan fingerprint density at radius 3 is 2.59 bits per heavy atom. The van der Waals surface area contributed by atoms with Crippen molar-refractivity contribution in [3.63, 3.8) is 0 Å². The van der Waals surface area contributed by atoms with Gasteiger partial charge in [-0.05, 0) is 35.2 Å². The second-order valence-electron chi connectivity index (χ2n) is 9.11. The van der Waals surface area contributed by atoms with Gasteiger partial charge in [0.25, 0.3) is 0 Å². The number of allylic oxidation sites excluding steroid dienone is 2. The summed E-state index contributed by atoms with van der Waals surface area (Å²) in [4.78, 5) is 26.5. The van der Waals surface area contributed by atoms with Gasteiger partial charge in [-0.25, -0.2) is 4.79 Å². The Morgan fingerprint density at radius 1 is 1.09 bits per heavy atom. The maximum Gasteiger partial charge on any atom is 0.344 e. The smallest absolute Gasteiger partial charge is 0.344 e. The normalized spacial score (nSPS) is 19.2. The molecular formula is C27H24O5. The molecule has 1 aliphatic heterocycles. The summed E-state index contributed by atoms with van der Waals surface area (Å²) in [6.45, 7) is 8.19. The van der Waals surface area contributed by atoms with E-state index in [2.05, 4.69) is 20.4 Å². The molecule has 5 rings (SSSR count). The average molecular weight is 428 g/mol. The third-order valence-corrected chi connectivity index (χ3v) is 6.06. The summed E-state index contributed by atoms with van der Waals surface area (Å²) >= 11 is 0. The van der Waals surface area contributed by atoms with Crippen LogP contribution in [0.2, 0.25) is 0 Å². The van der Waals surface area contributed by atoms with Gasteiger partial charge < -0.3 is 13.9 Å². The number of para-hydroxylation sites is 1. The molecule has 32 heavy (non-hydrogen) atoms. The van der Waals surface area contributed by atoms with Crippen LogP contribution in [0.3, 0.4) is 0 Å². The number of hydrogen-bond acceptors (Lipinski definition) is 5. The molecule has 1 unspecified atom stereocenters. The minimum atomic E-state index is -0.549. The van der Waals surface area contributed by atoms with E-state index < -0.39 is 11.5 Å². The Bertz CT molecular complexity index is 1320. The van der Waals surface area contributed by atoms with Gasteiger partial charge in [-0.2, -0.15) is 0 Å². The molecule has 1 aliphatic carbocycles. The molecule has 5 nitrogen and oxygen atoms in total. The summed E-state index contributed by atoms with van der Waals surface area (Å²) in [5.41, 5.74) is 1.52. The van der Waals surface area contributed by atoms with Gasteiger partial charge in [0.2, 0.25) is 0 Å². The Balaban J connectivity index is 1.74. The molecule has 162 valence electrons. The van der Waals surface area contributed by atoms with Crippen molar-refractivity contribution in [2.75, 3.05) is 6.61 Å². The van der Waals surface area contributed by atoms with Crippen LogP contribution in [0.25, 0.3) is 11.0 Å². The number of fused-ring (bicyclic) bond motifs is 3. The number of carbonyl (C=O) groups is 1. The van der Waals surface area contributed by atoms with Crippen LogP contribution in [-0.2, 0) is 4.79 Å². The van der Waals surface area contributed by atoms with Crippen molar-refractivity contribution < 1.29 is 18.7 Å². The number of carbonyl (C=O) groups excluding carboxylic acids is 1. The fourth-order valence-corrected chi connectivity index (χ4v) is 4.70. The lowest BCUT2D eigenvalue weighted by atomic mass is 9.70. The Labute approximate surface area is 186 Å². The van der Waals surface area contributed by atoms with E-state index in [-0.39, 0.29) is 11.2 Å². The fourth-order valence-electron chi connectivity index (χ4n) is 4.70. The zero-order chi connectivity index (χ0) is 22.5. The molecule has 2 aliphatic rings. The second kappa shape index (κ2) is 7.52. The van der Waals surface area contributed by atoms with Crippen molar-refractivity contribution in [2.45, 2.75) is 32.6 Å². The summed E-state index contributed by atoms with van der Waals surface area (Å²) in [6.07, 6.45) is 2.71. The minimum Gasteiger partial charge on any atom is -0.490 e. The van der Waals surface area contributed by atoms with Crippen molar-refractivity contribution in [1.82, 2.24) is 0 Å². The molecular weight excluding hydrogens is 404 g/mol. The van der Waals surface area contributed by atoms with Crippen LogP contribution < -0.4 is 15.1 Å². The summed E-state index contributed by atoms with van der Waals surface area (Å²) in [5.74, 6) is 1.28. The van der Waals surface area contributed by atoms with Crippen LogP contribution in [0, 0.1) is 5.41 Å². The quantitative estimate of drug-likeness (QED) is 0.404. The largest absolute Gasteiger partial charge is 0.490 e. The maximum absolute atomic E-state index is 13.3. The van der Waals surface area contributed by atoms with Crippen LogP contribution >= 0.6 is 0 Å². The monoisotopic (exact) mass is 428 g/mol. The third kappa shape index (κ3) is 3.34. The highest BCUT2D eigenvalue weighted by Crippen LogP contribution is 2.50. The van der Waals surface area contributed by atoms with Crippen molar-refractivity contribution in [2.24, 2.45) is 5.41 Å². The van der Waals surface area contributed by atoms with E-state index in [4.69, 9.17) is 13.9 Å². The van der Waals surface area contributed by atoms with Gasteiger partial charge in [0, 0.05) is 18.4 Å². The van der Waals surface area contributed by atoms with Crippen molar-refractivity contribution in [1.29, 1.82) is 0 Å². The van der Waals surface area contributed by atoms with Crippen LogP contribution in [0.15, 0.2) is 81.7 Å². The SMILES string of the molecule is C=CCOc1ccc(C2C3=C(CC(C)(C)CC3=O)Oc3c2c(=O)oc2ccccc32)cc1. The first-order valence-corrected chi connectivity index (χ1v) is 10.7. The summed E-state index contributed by atoms with van der Waals surface area (Å²) in [7, 11) is 0. The highest BCUT2D eigenvalue weighted by Gasteiger charge is 2.44. The molecule has 0 radical (unpaired) electrons. The van der Waals surface area contributed by atoms with E-state index in [9.17, 15) is 9.59 Å². The molecule has 0 bridgehead atoms. The number of Topliss-reactive ketones (excluding diaryl/α,β-unsaturated/α-hetero) is 1. The Morgan fingerprint density at radius 2 is 1.84 bits per heavy atom. The van der Waals surface area contributed by atoms with Crippen LogP contribution in [0.1, 0.15) is 43.7 Å². The van der Waals surface area contributed by atoms with Crippen molar-refractivity contribution >= 4 is 16.8 Å². The zero-order valence-corrected chi connectivity index (χ0v) is 18.1. The van der Waals surface area contributed by atoms with Gasteiger partial charge in [-0.1, -0.05) is 50.8 Å². The minimum absolute atomic E-state index is 0.00597. The lowest BCUT2D eigenvalue weighted by Gasteiger charge is -2.38. The van der Waals surface area contributed by atoms with Gasteiger partial charge in [-0.15, -0.1) is 0 Å². The van der Waals surface area contributed by atoms with Gasteiger partial charge in [0.05, 0.1) is 16.9 Å². The molecule has 1 aromatic heterocycles.